The largest absolute Gasteiger partial charge is 0.370 e. The predicted molar refractivity (Wildman–Crippen MR) is 61.8 cm³/mol. The molecule has 0 amide bonds. The molecule has 0 saturated carbocycles. The van der Waals surface area contributed by atoms with Crippen LogP contribution in [0.2, 0.25) is 0 Å². The molecular weight excluding hydrogens is 204 g/mol. The summed E-state index contributed by atoms with van der Waals surface area (Å²) in [6.07, 6.45) is 6.39. The first-order valence-corrected chi connectivity index (χ1v) is 5.04. The average Bonchev–Trinajstić information content (AvgIpc) is 2.64. The lowest BCUT2D eigenvalue weighted by atomic mass is 10.2. The van der Waals surface area contributed by atoms with E-state index in [4.69, 9.17) is 5.73 Å². The molecule has 2 rings (SSSR count). The second kappa shape index (κ2) is 4.61. The van der Waals surface area contributed by atoms with E-state index in [1.54, 1.807) is 16.9 Å². The molecule has 0 aliphatic rings. The zero-order chi connectivity index (χ0) is 11.4. The summed E-state index contributed by atoms with van der Waals surface area (Å²) < 4.78 is 1.79. The van der Waals surface area contributed by atoms with E-state index in [1.807, 2.05) is 19.4 Å². The van der Waals surface area contributed by atoms with E-state index in [2.05, 4.69) is 20.4 Å². The molecule has 2 aromatic rings. The standard InChI is InChI=1S/C10H14N6/c1-16-7-8(6-14-16)2-4-12-9-3-5-13-10(11)15-9/h3,5-7H,2,4H2,1H3,(H3,11,12,13,15). The third kappa shape index (κ3) is 2.69. The lowest BCUT2D eigenvalue weighted by Gasteiger charge is -2.03. The molecule has 0 radical (unpaired) electrons. The van der Waals surface area contributed by atoms with Gasteiger partial charge in [-0.1, -0.05) is 0 Å². The molecule has 0 fully saturated rings. The summed E-state index contributed by atoms with van der Waals surface area (Å²) in [7, 11) is 1.90. The summed E-state index contributed by atoms with van der Waals surface area (Å²) in [5, 5.41) is 7.27. The van der Waals surface area contributed by atoms with Gasteiger partial charge in [-0.05, 0) is 18.1 Å². The van der Waals surface area contributed by atoms with Gasteiger partial charge in [0.1, 0.15) is 5.82 Å². The van der Waals surface area contributed by atoms with Gasteiger partial charge in [0.05, 0.1) is 6.20 Å². The molecule has 2 heterocycles. The molecule has 16 heavy (non-hydrogen) atoms. The molecule has 84 valence electrons. The third-order valence-corrected chi connectivity index (χ3v) is 2.15. The summed E-state index contributed by atoms with van der Waals surface area (Å²) in [4.78, 5) is 7.87. The van der Waals surface area contributed by atoms with Crippen molar-refractivity contribution < 1.29 is 0 Å². The first-order valence-electron chi connectivity index (χ1n) is 5.04. The van der Waals surface area contributed by atoms with Crippen molar-refractivity contribution in [3.8, 4) is 0 Å². The number of anilines is 2. The van der Waals surface area contributed by atoms with E-state index >= 15 is 0 Å². The minimum Gasteiger partial charge on any atom is -0.370 e. The van der Waals surface area contributed by atoms with Gasteiger partial charge in [0.2, 0.25) is 5.95 Å². The van der Waals surface area contributed by atoms with Gasteiger partial charge in [-0.3, -0.25) is 4.68 Å². The molecular formula is C10H14N6. The predicted octanol–water partition coefficient (Wildman–Crippen LogP) is 0.447. The normalized spacial score (nSPS) is 10.3. The smallest absolute Gasteiger partial charge is 0.221 e. The molecule has 0 bridgehead atoms. The highest BCUT2D eigenvalue weighted by Crippen LogP contribution is 2.03. The van der Waals surface area contributed by atoms with Crippen molar-refractivity contribution in [1.29, 1.82) is 0 Å². The molecule has 0 spiro atoms. The maximum Gasteiger partial charge on any atom is 0.221 e. The van der Waals surface area contributed by atoms with Crippen LogP contribution in [0.3, 0.4) is 0 Å². The van der Waals surface area contributed by atoms with Gasteiger partial charge < -0.3 is 11.1 Å². The van der Waals surface area contributed by atoms with E-state index < -0.39 is 0 Å². The van der Waals surface area contributed by atoms with E-state index in [9.17, 15) is 0 Å². The zero-order valence-electron chi connectivity index (χ0n) is 9.09. The molecule has 0 unspecified atom stereocenters. The fraction of sp³-hybridized carbons (Fsp3) is 0.300. The fourth-order valence-electron chi connectivity index (χ4n) is 1.41. The molecule has 0 aliphatic heterocycles. The van der Waals surface area contributed by atoms with Gasteiger partial charge in [0, 0.05) is 26.0 Å². The topological polar surface area (TPSA) is 81.7 Å². The summed E-state index contributed by atoms with van der Waals surface area (Å²) in [5.41, 5.74) is 6.66. The highest BCUT2D eigenvalue weighted by atomic mass is 15.2. The number of aryl methyl sites for hydroxylation is 1. The third-order valence-electron chi connectivity index (χ3n) is 2.15. The van der Waals surface area contributed by atoms with Gasteiger partial charge in [-0.25, -0.2) is 4.98 Å². The minimum atomic E-state index is 0.284. The van der Waals surface area contributed by atoms with Crippen LogP contribution in [0.5, 0.6) is 0 Å². The second-order valence-corrected chi connectivity index (χ2v) is 3.50. The molecule has 0 aromatic carbocycles. The van der Waals surface area contributed by atoms with Crippen molar-refractivity contribution in [1.82, 2.24) is 19.7 Å². The Kier molecular flexibility index (Phi) is 3.00. The quantitative estimate of drug-likeness (QED) is 0.778. The molecule has 2 aromatic heterocycles. The van der Waals surface area contributed by atoms with Crippen LogP contribution in [0.4, 0.5) is 11.8 Å². The number of nitrogens with one attached hydrogen (secondary N) is 1. The van der Waals surface area contributed by atoms with Crippen molar-refractivity contribution in [3.05, 3.63) is 30.2 Å². The number of nitrogens with two attached hydrogens (primary N) is 1. The molecule has 0 saturated heterocycles. The Labute approximate surface area is 93.5 Å². The van der Waals surface area contributed by atoms with E-state index in [1.165, 1.54) is 5.56 Å². The molecule has 0 aliphatic carbocycles. The van der Waals surface area contributed by atoms with Crippen LogP contribution in [-0.2, 0) is 13.5 Å². The number of hydrogen-bond acceptors (Lipinski definition) is 5. The summed E-state index contributed by atoms with van der Waals surface area (Å²) in [6, 6.07) is 1.79. The summed E-state index contributed by atoms with van der Waals surface area (Å²) in [5.74, 6) is 1.03. The molecule has 3 N–H and O–H groups in total. The maximum absolute atomic E-state index is 5.47. The highest BCUT2D eigenvalue weighted by Gasteiger charge is 1.97. The Morgan fingerprint density at radius 1 is 1.50 bits per heavy atom. The van der Waals surface area contributed by atoms with Crippen LogP contribution in [0, 0.1) is 0 Å². The number of rotatable bonds is 4. The van der Waals surface area contributed by atoms with Crippen molar-refractivity contribution in [2.24, 2.45) is 7.05 Å². The van der Waals surface area contributed by atoms with E-state index in [-0.39, 0.29) is 5.95 Å². The van der Waals surface area contributed by atoms with E-state index in [0.29, 0.717) is 0 Å². The van der Waals surface area contributed by atoms with Crippen LogP contribution < -0.4 is 11.1 Å². The van der Waals surface area contributed by atoms with Crippen LogP contribution >= 0.6 is 0 Å². The van der Waals surface area contributed by atoms with Crippen LogP contribution in [-0.4, -0.2) is 26.3 Å². The Bertz CT molecular complexity index is 464. The zero-order valence-corrected chi connectivity index (χ0v) is 9.09. The first kappa shape index (κ1) is 10.4. The Morgan fingerprint density at radius 3 is 3.06 bits per heavy atom. The summed E-state index contributed by atoms with van der Waals surface area (Å²) in [6.45, 7) is 0.794. The lowest BCUT2D eigenvalue weighted by Crippen LogP contribution is -2.07. The molecule has 6 nitrogen and oxygen atoms in total. The number of nitrogen functional groups attached to an aromatic ring is 1. The lowest BCUT2D eigenvalue weighted by molar-refractivity contribution is 0.767. The van der Waals surface area contributed by atoms with Crippen LogP contribution in [0.1, 0.15) is 5.56 Å². The highest BCUT2D eigenvalue weighted by molar-refractivity contribution is 5.37. The van der Waals surface area contributed by atoms with Crippen molar-refractivity contribution in [3.63, 3.8) is 0 Å². The van der Waals surface area contributed by atoms with Crippen molar-refractivity contribution in [2.45, 2.75) is 6.42 Å². The fourth-order valence-corrected chi connectivity index (χ4v) is 1.41. The van der Waals surface area contributed by atoms with Gasteiger partial charge >= 0.3 is 0 Å². The van der Waals surface area contributed by atoms with E-state index in [0.717, 1.165) is 18.8 Å². The monoisotopic (exact) mass is 218 g/mol. The Hall–Kier alpha value is -2.11. The van der Waals surface area contributed by atoms with Gasteiger partial charge in [0.15, 0.2) is 0 Å². The van der Waals surface area contributed by atoms with Gasteiger partial charge in [-0.2, -0.15) is 10.1 Å². The SMILES string of the molecule is Cn1cc(CCNc2ccnc(N)n2)cn1. The van der Waals surface area contributed by atoms with Gasteiger partial charge in [0.25, 0.3) is 0 Å². The van der Waals surface area contributed by atoms with Crippen LogP contribution in [0.15, 0.2) is 24.7 Å². The number of nitrogens with zero attached hydrogens (tertiary/aromatic N) is 4. The van der Waals surface area contributed by atoms with Crippen molar-refractivity contribution in [2.75, 3.05) is 17.6 Å². The first-order chi connectivity index (χ1) is 7.74. The number of hydrogen-bond donors (Lipinski definition) is 2. The molecule has 0 atom stereocenters. The maximum atomic E-state index is 5.47. The van der Waals surface area contributed by atoms with Crippen molar-refractivity contribution >= 4 is 11.8 Å². The Morgan fingerprint density at radius 2 is 2.38 bits per heavy atom. The number of aromatic nitrogens is 4. The van der Waals surface area contributed by atoms with Crippen LogP contribution in [0.25, 0.3) is 0 Å². The minimum absolute atomic E-state index is 0.284. The second-order valence-electron chi connectivity index (χ2n) is 3.50. The average molecular weight is 218 g/mol. The van der Waals surface area contributed by atoms with Gasteiger partial charge in [-0.15, -0.1) is 0 Å². The Balaban J connectivity index is 1.84. The summed E-state index contributed by atoms with van der Waals surface area (Å²) >= 11 is 0. The molecule has 6 heteroatoms.